The summed E-state index contributed by atoms with van der Waals surface area (Å²) in [6, 6.07) is 15.6. The van der Waals surface area contributed by atoms with Gasteiger partial charge in [-0.05, 0) is 42.2 Å². The molecule has 24 heavy (non-hydrogen) atoms. The molecule has 0 atom stereocenters. The van der Waals surface area contributed by atoms with E-state index < -0.39 is 0 Å². The van der Waals surface area contributed by atoms with Crippen LogP contribution in [0, 0.1) is 5.82 Å². The van der Waals surface area contributed by atoms with Crippen molar-refractivity contribution in [2.75, 3.05) is 13.1 Å². The SMILES string of the molecule is Fc1ccc2[nH]cc(CC3=CCN(Cc4ccccc4)CC3)c2c1. The number of aromatic nitrogens is 1. The average molecular weight is 320 g/mol. The van der Waals surface area contributed by atoms with Crippen LogP contribution in [-0.4, -0.2) is 23.0 Å². The van der Waals surface area contributed by atoms with E-state index in [9.17, 15) is 4.39 Å². The van der Waals surface area contributed by atoms with Gasteiger partial charge in [-0.15, -0.1) is 0 Å². The van der Waals surface area contributed by atoms with Gasteiger partial charge in [0, 0.05) is 36.7 Å². The summed E-state index contributed by atoms with van der Waals surface area (Å²) >= 11 is 0. The van der Waals surface area contributed by atoms with Gasteiger partial charge in [-0.2, -0.15) is 0 Å². The molecule has 0 fully saturated rings. The fraction of sp³-hybridized carbons (Fsp3) is 0.238. The largest absolute Gasteiger partial charge is 0.361 e. The van der Waals surface area contributed by atoms with Crippen LogP contribution in [0.2, 0.25) is 0 Å². The molecular weight excluding hydrogens is 299 g/mol. The van der Waals surface area contributed by atoms with E-state index in [1.54, 1.807) is 6.07 Å². The summed E-state index contributed by atoms with van der Waals surface area (Å²) in [4.78, 5) is 5.71. The van der Waals surface area contributed by atoms with E-state index in [1.165, 1.54) is 22.8 Å². The first-order valence-electron chi connectivity index (χ1n) is 8.47. The Hall–Kier alpha value is -2.39. The first-order valence-corrected chi connectivity index (χ1v) is 8.47. The Morgan fingerprint density at radius 1 is 1.08 bits per heavy atom. The third kappa shape index (κ3) is 3.26. The molecule has 2 aromatic carbocycles. The minimum Gasteiger partial charge on any atom is -0.361 e. The lowest BCUT2D eigenvalue weighted by Gasteiger charge is -2.26. The lowest BCUT2D eigenvalue weighted by Crippen LogP contribution is -2.28. The molecule has 0 spiro atoms. The first kappa shape index (κ1) is 15.2. The van der Waals surface area contributed by atoms with Crippen LogP contribution in [-0.2, 0) is 13.0 Å². The molecule has 0 saturated heterocycles. The van der Waals surface area contributed by atoms with Gasteiger partial charge in [0.2, 0.25) is 0 Å². The Bertz CT molecular complexity index is 864. The number of nitrogens with zero attached hydrogens (tertiary/aromatic N) is 1. The highest BCUT2D eigenvalue weighted by Gasteiger charge is 2.14. The van der Waals surface area contributed by atoms with Gasteiger partial charge in [0.25, 0.3) is 0 Å². The fourth-order valence-corrected chi connectivity index (χ4v) is 3.44. The zero-order chi connectivity index (χ0) is 16.4. The summed E-state index contributed by atoms with van der Waals surface area (Å²) in [5, 5.41) is 1.00. The topological polar surface area (TPSA) is 19.0 Å². The fourth-order valence-electron chi connectivity index (χ4n) is 3.44. The highest BCUT2D eigenvalue weighted by Crippen LogP contribution is 2.24. The van der Waals surface area contributed by atoms with Crippen LogP contribution >= 0.6 is 0 Å². The van der Waals surface area contributed by atoms with Crippen LogP contribution in [0.1, 0.15) is 17.5 Å². The van der Waals surface area contributed by atoms with E-state index in [0.717, 1.165) is 43.4 Å². The molecule has 1 aliphatic heterocycles. The molecule has 3 heteroatoms. The summed E-state index contributed by atoms with van der Waals surface area (Å²) in [5.74, 6) is -0.171. The molecule has 0 bridgehead atoms. The number of rotatable bonds is 4. The standard InChI is InChI=1S/C21H21FN2/c22-19-6-7-21-20(13-19)18(14-23-21)12-16-8-10-24(11-9-16)15-17-4-2-1-3-5-17/h1-8,13-14,23H,9-12,15H2. The maximum Gasteiger partial charge on any atom is 0.123 e. The van der Waals surface area contributed by atoms with Gasteiger partial charge in [0.1, 0.15) is 5.82 Å². The van der Waals surface area contributed by atoms with Crippen molar-refractivity contribution in [1.29, 1.82) is 0 Å². The second-order valence-electron chi connectivity index (χ2n) is 6.51. The van der Waals surface area contributed by atoms with Gasteiger partial charge >= 0.3 is 0 Å². The first-order chi connectivity index (χ1) is 11.8. The molecule has 122 valence electrons. The van der Waals surface area contributed by atoms with Crippen LogP contribution in [0.15, 0.2) is 66.4 Å². The monoisotopic (exact) mass is 320 g/mol. The van der Waals surface area contributed by atoms with Crippen molar-refractivity contribution in [3.63, 3.8) is 0 Å². The van der Waals surface area contributed by atoms with Crippen molar-refractivity contribution in [2.45, 2.75) is 19.4 Å². The van der Waals surface area contributed by atoms with E-state index in [4.69, 9.17) is 0 Å². The van der Waals surface area contributed by atoms with Gasteiger partial charge in [-0.25, -0.2) is 4.39 Å². The van der Waals surface area contributed by atoms with Gasteiger partial charge in [-0.3, -0.25) is 4.90 Å². The summed E-state index contributed by atoms with van der Waals surface area (Å²) in [6.07, 6.45) is 6.34. The summed E-state index contributed by atoms with van der Waals surface area (Å²) in [5.41, 5.74) is 5.01. The van der Waals surface area contributed by atoms with E-state index in [-0.39, 0.29) is 5.82 Å². The number of benzene rings is 2. The lowest BCUT2D eigenvalue weighted by atomic mass is 9.99. The molecular formula is C21H21FN2. The molecule has 0 radical (unpaired) electrons. The second kappa shape index (κ2) is 6.62. The van der Waals surface area contributed by atoms with E-state index in [2.05, 4.69) is 46.3 Å². The minimum absolute atomic E-state index is 0.171. The molecule has 1 N–H and O–H groups in total. The molecule has 0 amide bonds. The third-order valence-corrected chi connectivity index (χ3v) is 4.78. The Labute approximate surface area is 141 Å². The van der Waals surface area contributed by atoms with Gasteiger partial charge in [0.15, 0.2) is 0 Å². The smallest absolute Gasteiger partial charge is 0.123 e. The number of hydrogen-bond acceptors (Lipinski definition) is 1. The predicted molar refractivity (Wildman–Crippen MR) is 96.4 cm³/mol. The molecule has 0 saturated carbocycles. The van der Waals surface area contributed by atoms with Gasteiger partial charge in [0.05, 0.1) is 0 Å². The van der Waals surface area contributed by atoms with Crippen molar-refractivity contribution in [2.24, 2.45) is 0 Å². The van der Waals surface area contributed by atoms with Crippen LogP contribution in [0.3, 0.4) is 0 Å². The summed E-state index contributed by atoms with van der Waals surface area (Å²) in [7, 11) is 0. The van der Waals surface area contributed by atoms with Gasteiger partial charge in [-0.1, -0.05) is 42.0 Å². The highest BCUT2D eigenvalue weighted by molar-refractivity contribution is 5.83. The normalized spacial score (nSPS) is 15.6. The van der Waals surface area contributed by atoms with Crippen molar-refractivity contribution in [3.05, 3.63) is 83.3 Å². The zero-order valence-electron chi connectivity index (χ0n) is 13.6. The number of halogens is 1. The lowest BCUT2D eigenvalue weighted by molar-refractivity contribution is 0.285. The molecule has 4 rings (SSSR count). The third-order valence-electron chi connectivity index (χ3n) is 4.78. The van der Waals surface area contributed by atoms with Gasteiger partial charge < -0.3 is 4.98 Å². The predicted octanol–water partition coefficient (Wildman–Crippen LogP) is 4.68. The average Bonchev–Trinajstić information content (AvgIpc) is 3.00. The van der Waals surface area contributed by atoms with Crippen LogP contribution < -0.4 is 0 Å². The van der Waals surface area contributed by atoms with Crippen molar-refractivity contribution >= 4 is 10.9 Å². The second-order valence-corrected chi connectivity index (χ2v) is 6.51. The Balaban J connectivity index is 1.43. The quantitative estimate of drug-likeness (QED) is 0.691. The highest BCUT2D eigenvalue weighted by atomic mass is 19.1. The molecule has 0 aliphatic carbocycles. The van der Waals surface area contributed by atoms with E-state index in [1.807, 2.05) is 12.3 Å². The number of fused-ring (bicyclic) bond motifs is 1. The minimum atomic E-state index is -0.171. The summed E-state index contributed by atoms with van der Waals surface area (Å²) in [6.45, 7) is 3.07. The number of hydrogen-bond donors (Lipinski definition) is 1. The molecule has 1 aromatic heterocycles. The number of nitrogens with one attached hydrogen (secondary N) is 1. The summed E-state index contributed by atoms with van der Waals surface area (Å²) < 4.78 is 13.5. The maximum atomic E-state index is 13.5. The van der Waals surface area contributed by atoms with Crippen LogP contribution in [0.5, 0.6) is 0 Å². The van der Waals surface area contributed by atoms with Crippen LogP contribution in [0.4, 0.5) is 4.39 Å². The molecule has 3 aromatic rings. The van der Waals surface area contributed by atoms with E-state index >= 15 is 0 Å². The molecule has 2 nitrogen and oxygen atoms in total. The van der Waals surface area contributed by atoms with Crippen molar-refractivity contribution in [3.8, 4) is 0 Å². The number of aromatic amines is 1. The van der Waals surface area contributed by atoms with E-state index in [0.29, 0.717) is 0 Å². The maximum absolute atomic E-state index is 13.5. The molecule has 2 heterocycles. The van der Waals surface area contributed by atoms with Crippen LogP contribution in [0.25, 0.3) is 10.9 Å². The zero-order valence-corrected chi connectivity index (χ0v) is 13.6. The Kier molecular flexibility index (Phi) is 4.18. The Morgan fingerprint density at radius 3 is 2.75 bits per heavy atom. The Morgan fingerprint density at radius 2 is 1.96 bits per heavy atom. The number of H-pyrrole nitrogens is 1. The van der Waals surface area contributed by atoms with Crippen molar-refractivity contribution < 1.29 is 4.39 Å². The molecule has 0 unspecified atom stereocenters. The van der Waals surface area contributed by atoms with Crippen molar-refractivity contribution in [1.82, 2.24) is 9.88 Å². The molecule has 1 aliphatic rings.